The maximum absolute atomic E-state index is 13.9. The molecule has 4 rings (SSSR count). The highest BCUT2D eigenvalue weighted by Crippen LogP contribution is 2.50. The first kappa shape index (κ1) is 15.5. The van der Waals surface area contributed by atoms with Gasteiger partial charge in [0.15, 0.2) is 5.13 Å². The molecule has 0 bridgehead atoms. The molecule has 2 fully saturated rings. The lowest BCUT2D eigenvalue weighted by molar-refractivity contribution is -0.133. The molecular formula is C17H17F2N3OS. The molecule has 0 radical (unpaired) electrons. The number of amides is 1. The summed E-state index contributed by atoms with van der Waals surface area (Å²) in [7, 11) is 0. The van der Waals surface area contributed by atoms with Gasteiger partial charge in [0.2, 0.25) is 5.91 Å². The van der Waals surface area contributed by atoms with E-state index >= 15 is 0 Å². The molecule has 2 atom stereocenters. The van der Waals surface area contributed by atoms with Crippen LogP contribution in [0, 0.1) is 17.6 Å². The van der Waals surface area contributed by atoms with Gasteiger partial charge in [0, 0.05) is 55.2 Å². The molecule has 126 valence electrons. The highest BCUT2D eigenvalue weighted by atomic mass is 32.1. The van der Waals surface area contributed by atoms with E-state index in [2.05, 4.69) is 9.88 Å². The minimum atomic E-state index is -0.552. The predicted octanol–water partition coefficient (Wildman–Crippen LogP) is 2.87. The smallest absolute Gasteiger partial charge is 0.226 e. The Morgan fingerprint density at radius 3 is 2.50 bits per heavy atom. The zero-order chi connectivity index (χ0) is 16.7. The quantitative estimate of drug-likeness (QED) is 0.855. The van der Waals surface area contributed by atoms with Crippen LogP contribution in [-0.4, -0.2) is 42.0 Å². The Hall–Kier alpha value is -2.02. The Kier molecular flexibility index (Phi) is 3.96. The van der Waals surface area contributed by atoms with Crippen molar-refractivity contribution >= 4 is 22.4 Å². The molecule has 0 N–H and O–H groups in total. The summed E-state index contributed by atoms with van der Waals surface area (Å²) in [5.74, 6) is -1.70. The minimum absolute atomic E-state index is 0.0152. The summed E-state index contributed by atoms with van der Waals surface area (Å²) in [5.41, 5.74) is 0.0669. The third-order valence-electron chi connectivity index (χ3n) is 4.76. The number of thiazole rings is 1. The van der Waals surface area contributed by atoms with Gasteiger partial charge in [-0.25, -0.2) is 13.8 Å². The number of hydrogen-bond acceptors (Lipinski definition) is 4. The Morgan fingerprint density at radius 2 is 1.88 bits per heavy atom. The molecule has 1 aliphatic heterocycles. The lowest BCUT2D eigenvalue weighted by atomic mass is 10.1. The largest absolute Gasteiger partial charge is 0.345 e. The summed E-state index contributed by atoms with van der Waals surface area (Å²) in [5, 5.41) is 2.91. The van der Waals surface area contributed by atoms with Gasteiger partial charge in [-0.05, 0) is 18.6 Å². The van der Waals surface area contributed by atoms with Crippen LogP contribution in [-0.2, 0) is 4.79 Å². The first-order valence-corrected chi connectivity index (χ1v) is 8.90. The van der Waals surface area contributed by atoms with Gasteiger partial charge in [-0.3, -0.25) is 4.79 Å². The van der Waals surface area contributed by atoms with Crippen LogP contribution in [0.2, 0.25) is 0 Å². The number of piperazine rings is 1. The predicted molar refractivity (Wildman–Crippen MR) is 88.1 cm³/mol. The van der Waals surface area contributed by atoms with Crippen LogP contribution in [0.25, 0.3) is 0 Å². The van der Waals surface area contributed by atoms with Crippen molar-refractivity contribution in [2.75, 3.05) is 31.1 Å². The first-order valence-electron chi connectivity index (χ1n) is 8.02. The summed E-state index contributed by atoms with van der Waals surface area (Å²) in [4.78, 5) is 20.9. The van der Waals surface area contributed by atoms with E-state index in [9.17, 15) is 13.6 Å². The molecule has 1 aliphatic carbocycles. The van der Waals surface area contributed by atoms with Gasteiger partial charge < -0.3 is 9.80 Å². The number of aromatic nitrogens is 1. The van der Waals surface area contributed by atoms with Gasteiger partial charge >= 0.3 is 0 Å². The monoisotopic (exact) mass is 349 g/mol. The number of halogens is 2. The second-order valence-corrected chi connectivity index (χ2v) is 7.08. The van der Waals surface area contributed by atoms with Crippen molar-refractivity contribution in [2.24, 2.45) is 5.92 Å². The zero-order valence-electron chi connectivity index (χ0n) is 13.0. The molecule has 2 heterocycles. The Labute approximate surface area is 142 Å². The summed E-state index contributed by atoms with van der Waals surface area (Å²) < 4.78 is 27.7. The van der Waals surface area contributed by atoms with E-state index in [1.165, 1.54) is 18.2 Å². The lowest BCUT2D eigenvalue weighted by Gasteiger charge is -2.34. The molecule has 4 nitrogen and oxygen atoms in total. The van der Waals surface area contributed by atoms with Crippen molar-refractivity contribution < 1.29 is 13.6 Å². The van der Waals surface area contributed by atoms with Crippen LogP contribution in [0.4, 0.5) is 13.9 Å². The number of benzene rings is 1. The maximum Gasteiger partial charge on any atom is 0.226 e. The molecule has 1 saturated carbocycles. The average Bonchev–Trinajstić information content (AvgIpc) is 3.16. The van der Waals surface area contributed by atoms with Gasteiger partial charge in [0.1, 0.15) is 11.6 Å². The van der Waals surface area contributed by atoms with Crippen molar-refractivity contribution in [2.45, 2.75) is 12.3 Å². The molecule has 7 heteroatoms. The molecule has 0 unspecified atom stereocenters. The van der Waals surface area contributed by atoms with Crippen LogP contribution >= 0.6 is 11.3 Å². The fourth-order valence-electron chi connectivity index (χ4n) is 3.38. The summed E-state index contributed by atoms with van der Waals surface area (Å²) >= 11 is 1.59. The fourth-order valence-corrected chi connectivity index (χ4v) is 4.07. The van der Waals surface area contributed by atoms with Crippen molar-refractivity contribution in [1.82, 2.24) is 9.88 Å². The van der Waals surface area contributed by atoms with E-state index in [4.69, 9.17) is 0 Å². The Balaban J connectivity index is 1.38. The average molecular weight is 349 g/mol. The fraction of sp³-hybridized carbons (Fsp3) is 0.412. The number of nitrogens with zero attached hydrogens (tertiary/aromatic N) is 3. The van der Waals surface area contributed by atoms with Gasteiger partial charge in [0.25, 0.3) is 0 Å². The SMILES string of the molecule is O=C([C@H]1C[C@H]1c1c(F)cccc1F)N1CCN(c2nccs2)CC1. The van der Waals surface area contributed by atoms with Gasteiger partial charge in [0.05, 0.1) is 0 Å². The summed E-state index contributed by atoms with van der Waals surface area (Å²) in [6.07, 6.45) is 2.30. The minimum Gasteiger partial charge on any atom is -0.345 e. The highest BCUT2D eigenvalue weighted by molar-refractivity contribution is 7.13. The van der Waals surface area contributed by atoms with Gasteiger partial charge in [-0.15, -0.1) is 11.3 Å². The second-order valence-electron chi connectivity index (χ2n) is 6.21. The second kappa shape index (κ2) is 6.12. The van der Waals surface area contributed by atoms with Crippen molar-refractivity contribution in [3.8, 4) is 0 Å². The molecule has 2 aromatic rings. The number of carbonyl (C=O) groups is 1. The molecule has 1 aromatic heterocycles. The zero-order valence-corrected chi connectivity index (χ0v) is 13.8. The molecular weight excluding hydrogens is 332 g/mol. The van der Waals surface area contributed by atoms with Gasteiger partial charge in [-0.2, -0.15) is 0 Å². The Morgan fingerprint density at radius 1 is 1.17 bits per heavy atom. The third-order valence-corrected chi connectivity index (χ3v) is 5.59. The van der Waals surface area contributed by atoms with Crippen LogP contribution in [0.5, 0.6) is 0 Å². The van der Waals surface area contributed by atoms with Crippen molar-refractivity contribution in [3.05, 3.63) is 47.0 Å². The molecule has 1 saturated heterocycles. The molecule has 24 heavy (non-hydrogen) atoms. The number of hydrogen-bond donors (Lipinski definition) is 0. The summed E-state index contributed by atoms with van der Waals surface area (Å²) in [6, 6.07) is 3.86. The molecule has 1 aromatic carbocycles. The molecule has 2 aliphatic rings. The van der Waals surface area contributed by atoms with Crippen LogP contribution in [0.3, 0.4) is 0 Å². The van der Waals surface area contributed by atoms with E-state index < -0.39 is 11.6 Å². The van der Waals surface area contributed by atoms with E-state index in [1.54, 1.807) is 17.5 Å². The van der Waals surface area contributed by atoms with E-state index in [0.29, 0.717) is 19.5 Å². The number of carbonyl (C=O) groups excluding carboxylic acids is 1. The lowest BCUT2D eigenvalue weighted by Crippen LogP contribution is -2.49. The maximum atomic E-state index is 13.9. The molecule has 1 amide bonds. The standard InChI is InChI=1S/C17H17F2N3OS/c18-13-2-1-3-14(19)15(13)11-10-12(11)16(23)21-5-7-22(8-6-21)17-20-4-9-24-17/h1-4,9,11-12H,5-8,10H2/t11-,12+/m1/s1. The summed E-state index contributed by atoms with van der Waals surface area (Å²) in [6.45, 7) is 2.73. The third kappa shape index (κ3) is 2.77. The van der Waals surface area contributed by atoms with E-state index in [-0.39, 0.29) is 23.3 Å². The van der Waals surface area contributed by atoms with E-state index in [1.807, 2.05) is 10.3 Å². The van der Waals surface area contributed by atoms with Crippen molar-refractivity contribution in [1.29, 1.82) is 0 Å². The molecule has 0 spiro atoms. The van der Waals surface area contributed by atoms with Gasteiger partial charge in [-0.1, -0.05) is 6.07 Å². The highest BCUT2D eigenvalue weighted by Gasteiger charge is 2.48. The van der Waals surface area contributed by atoms with Crippen LogP contribution < -0.4 is 4.90 Å². The van der Waals surface area contributed by atoms with Crippen LogP contribution in [0.15, 0.2) is 29.8 Å². The number of rotatable bonds is 3. The van der Waals surface area contributed by atoms with E-state index in [0.717, 1.165) is 18.2 Å². The normalized spacial score (nSPS) is 23.4. The van der Waals surface area contributed by atoms with Crippen molar-refractivity contribution in [3.63, 3.8) is 0 Å². The topological polar surface area (TPSA) is 36.4 Å². The Bertz CT molecular complexity index is 724. The van der Waals surface area contributed by atoms with Crippen LogP contribution in [0.1, 0.15) is 17.9 Å². The number of anilines is 1. The first-order chi connectivity index (χ1) is 11.6.